The van der Waals surface area contributed by atoms with Crippen molar-refractivity contribution in [2.24, 2.45) is 0 Å². The number of aromatic nitrogens is 1. The van der Waals surface area contributed by atoms with E-state index in [4.69, 9.17) is 4.74 Å². The van der Waals surface area contributed by atoms with E-state index in [1.165, 1.54) is 35.2 Å². The fourth-order valence-corrected chi connectivity index (χ4v) is 4.12. The van der Waals surface area contributed by atoms with Crippen molar-refractivity contribution in [2.75, 3.05) is 43.1 Å². The number of nitrogens with zero attached hydrogens (tertiary/aromatic N) is 2. The molecule has 0 aliphatic carbocycles. The number of carbonyl (C=O) groups excluding carboxylic acids is 2. The van der Waals surface area contributed by atoms with Gasteiger partial charge in [0.05, 0.1) is 24.7 Å². The van der Waals surface area contributed by atoms with E-state index in [2.05, 4.69) is 10.3 Å². The Balaban J connectivity index is 1.39. The average Bonchev–Trinajstić information content (AvgIpc) is 3.11. The second-order valence-corrected chi connectivity index (χ2v) is 8.07. The number of thiazole rings is 1. The number of hydrogen-bond donors (Lipinski definition) is 1. The molecule has 9 heteroatoms. The molecule has 0 unspecified atom stereocenters. The van der Waals surface area contributed by atoms with E-state index in [1.54, 1.807) is 23.2 Å². The topological polar surface area (TPSA) is 71.5 Å². The van der Waals surface area contributed by atoms with Crippen molar-refractivity contribution in [1.82, 2.24) is 9.88 Å². The van der Waals surface area contributed by atoms with Gasteiger partial charge in [0, 0.05) is 30.6 Å². The Kier molecular flexibility index (Phi) is 7.19. The van der Waals surface area contributed by atoms with Gasteiger partial charge in [-0.2, -0.15) is 0 Å². The first-order chi connectivity index (χ1) is 13.1. The Hall–Kier alpha value is -1.97. The van der Waals surface area contributed by atoms with Crippen LogP contribution in [0.25, 0.3) is 0 Å². The molecule has 2 heterocycles. The third kappa shape index (κ3) is 6.30. The Morgan fingerprint density at radius 2 is 1.96 bits per heavy atom. The van der Waals surface area contributed by atoms with Crippen molar-refractivity contribution in [2.45, 2.75) is 6.42 Å². The van der Waals surface area contributed by atoms with Crippen LogP contribution < -0.4 is 5.32 Å². The molecule has 2 aromatic rings. The lowest BCUT2D eigenvalue weighted by molar-refractivity contribution is -0.132. The van der Waals surface area contributed by atoms with Gasteiger partial charge in [-0.05, 0) is 17.7 Å². The molecule has 0 atom stereocenters. The lowest BCUT2D eigenvalue weighted by Gasteiger charge is -2.26. The number of carbonyl (C=O) groups is 2. The summed E-state index contributed by atoms with van der Waals surface area (Å²) < 4.78 is 18.2. The van der Waals surface area contributed by atoms with Crippen LogP contribution in [0.2, 0.25) is 0 Å². The third-order valence-corrected chi connectivity index (χ3v) is 5.74. The number of halogens is 1. The zero-order chi connectivity index (χ0) is 19.1. The van der Waals surface area contributed by atoms with E-state index in [0.717, 1.165) is 10.4 Å². The fraction of sp³-hybridized carbons (Fsp3) is 0.389. The number of anilines is 1. The van der Waals surface area contributed by atoms with E-state index in [1.807, 2.05) is 0 Å². The standard InChI is InChI=1S/C18H20FN3O3S2/c19-14-3-1-13(2-4-14)9-15-10-20-18(27-15)21-16(23)11-26-12-17(24)22-5-7-25-8-6-22/h1-4,10H,5-9,11-12H2,(H,20,21,23). The Morgan fingerprint density at radius 3 is 2.70 bits per heavy atom. The van der Waals surface area contributed by atoms with E-state index in [9.17, 15) is 14.0 Å². The average molecular weight is 410 g/mol. The molecular formula is C18H20FN3O3S2. The second kappa shape index (κ2) is 9.82. The van der Waals surface area contributed by atoms with Crippen molar-refractivity contribution in [3.05, 3.63) is 46.7 Å². The molecule has 3 rings (SSSR count). The Morgan fingerprint density at radius 1 is 1.22 bits per heavy atom. The van der Waals surface area contributed by atoms with Gasteiger partial charge in [-0.3, -0.25) is 9.59 Å². The smallest absolute Gasteiger partial charge is 0.236 e. The maximum Gasteiger partial charge on any atom is 0.236 e. The van der Waals surface area contributed by atoms with Gasteiger partial charge in [0.2, 0.25) is 11.8 Å². The molecule has 0 bridgehead atoms. The second-order valence-electron chi connectivity index (χ2n) is 5.97. The minimum Gasteiger partial charge on any atom is -0.378 e. The van der Waals surface area contributed by atoms with Gasteiger partial charge in [-0.1, -0.05) is 12.1 Å². The number of morpholine rings is 1. The Labute approximate surface area is 165 Å². The highest BCUT2D eigenvalue weighted by atomic mass is 32.2. The molecule has 27 heavy (non-hydrogen) atoms. The predicted molar refractivity (Wildman–Crippen MR) is 105 cm³/mol. The largest absolute Gasteiger partial charge is 0.378 e. The summed E-state index contributed by atoms with van der Waals surface area (Å²) in [4.78, 5) is 31.0. The van der Waals surface area contributed by atoms with E-state index >= 15 is 0 Å². The van der Waals surface area contributed by atoms with Crippen LogP contribution in [0.1, 0.15) is 10.4 Å². The number of hydrogen-bond acceptors (Lipinski definition) is 6. The summed E-state index contributed by atoms with van der Waals surface area (Å²) in [5.74, 6) is 0.0642. The number of rotatable bonds is 7. The molecule has 0 spiro atoms. The normalized spacial score (nSPS) is 14.2. The van der Waals surface area contributed by atoms with Crippen LogP contribution in [-0.4, -0.2) is 59.5 Å². The minimum atomic E-state index is -0.263. The molecule has 1 aliphatic heterocycles. The number of thioether (sulfide) groups is 1. The molecule has 1 aromatic heterocycles. The zero-order valence-electron chi connectivity index (χ0n) is 14.7. The van der Waals surface area contributed by atoms with Crippen molar-refractivity contribution in [3.8, 4) is 0 Å². The highest BCUT2D eigenvalue weighted by Gasteiger charge is 2.17. The molecular weight excluding hydrogens is 389 g/mol. The van der Waals surface area contributed by atoms with Crippen molar-refractivity contribution in [1.29, 1.82) is 0 Å². The van der Waals surface area contributed by atoms with Crippen LogP contribution in [0, 0.1) is 5.82 Å². The summed E-state index contributed by atoms with van der Waals surface area (Å²) in [6, 6.07) is 6.31. The molecule has 6 nitrogen and oxygen atoms in total. The molecule has 144 valence electrons. The third-order valence-electron chi connectivity index (χ3n) is 3.91. The number of nitrogens with one attached hydrogen (secondary N) is 1. The summed E-state index contributed by atoms with van der Waals surface area (Å²) in [6.45, 7) is 2.37. The quantitative estimate of drug-likeness (QED) is 0.760. The summed E-state index contributed by atoms with van der Waals surface area (Å²) in [7, 11) is 0. The van der Waals surface area contributed by atoms with Gasteiger partial charge in [-0.25, -0.2) is 9.37 Å². The molecule has 1 aromatic carbocycles. The molecule has 2 amide bonds. The van der Waals surface area contributed by atoms with Crippen molar-refractivity contribution < 1.29 is 18.7 Å². The van der Waals surface area contributed by atoms with E-state index in [-0.39, 0.29) is 29.1 Å². The number of amides is 2. The summed E-state index contributed by atoms with van der Waals surface area (Å²) in [5, 5.41) is 3.28. The van der Waals surface area contributed by atoms with Crippen LogP contribution in [0.3, 0.4) is 0 Å². The van der Waals surface area contributed by atoms with E-state index < -0.39 is 0 Å². The molecule has 0 saturated carbocycles. The van der Waals surface area contributed by atoms with Gasteiger partial charge in [0.15, 0.2) is 5.13 Å². The monoisotopic (exact) mass is 409 g/mol. The molecule has 1 fully saturated rings. The van der Waals surface area contributed by atoms with Gasteiger partial charge in [0.25, 0.3) is 0 Å². The van der Waals surface area contributed by atoms with Crippen LogP contribution in [0.5, 0.6) is 0 Å². The fourth-order valence-electron chi connectivity index (χ4n) is 2.54. The molecule has 1 saturated heterocycles. The predicted octanol–water partition coefficient (Wildman–Crippen LogP) is 2.40. The first kappa shape index (κ1) is 19.8. The lowest BCUT2D eigenvalue weighted by atomic mass is 10.1. The number of ether oxygens (including phenoxy) is 1. The van der Waals surface area contributed by atoms with Gasteiger partial charge in [0.1, 0.15) is 5.82 Å². The van der Waals surface area contributed by atoms with Gasteiger partial charge < -0.3 is 15.0 Å². The van der Waals surface area contributed by atoms with Gasteiger partial charge >= 0.3 is 0 Å². The highest BCUT2D eigenvalue weighted by molar-refractivity contribution is 8.00. The first-order valence-corrected chi connectivity index (χ1v) is 10.5. The van der Waals surface area contributed by atoms with Crippen LogP contribution in [-0.2, 0) is 20.7 Å². The van der Waals surface area contributed by atoms with Crippen LogP contribution in [0.15, 0.2) is 30.5 Å². The highest BCUT2D eigenvalue weighted by Crippen LogP contribution is 2.21. The lowest BCUT2D eigenvalue weighted by Crippen LogP contribution is -2.41. The van der Waals surface area contributed by atoms with Crippen molar-refractivity contribution >= 4 is 40.0 Å². The first-order valence-electron chi connectivity index (χ1n) is 8.52. The van der Waals surface area contributed by atoms with Crippen LogP contribution in [0.4, 0.5) is 9.52 Å². The summed E-state index contributed by atoms with van der Waals surface area (Å²) in [6.07, 6.45) is 2.34. The zero-order valence-corrected chi connectivity index (χ0v) is 16.3. The maximum atomic E-state index is 12.9. The SMILES string of the molecule is O=C(CSCC(=O)N1CCOCC1)Nc1ncc(Cc2ccc(F)cc2)s1. The van der Waals surface area contributed by atoms with Crippen LogP contribution >= 0.6 is 23.1 Å². The number of benzene rings is 1. The van der Waals surface area contributed by atoms with E-state index in [0.29, 0.717) is 37.9 Å². The summed E-state index contributed by atoms with van der Waals surface area (Å²) in [5.41, 5.74) is 0.982. The molecule has 1 aliphatic rings. The molecule has 1 N–H and O–H groups in total. The summed E-state index contributed by atoms with van der Waals surface area (Å²) >= 11 is 2.68. The Bertz CT molecular complexity index is 776. The van der Waals surface area contributed by atoms with Crippen molar-refractivity contribution in [3.63, 3.8) is 0 Å². The maximum absolute atomic E-state index is 12.9. The molecule has 0 radical (unpaired) electrons. The van der Waals surface area contributed by atoms with Gasteiger partial charge in [-0.15, -0.1) is 23.1 Å². The minimum absolute atomic E-state index is 0.0342.